The number of fused-ring (bicyclic) bond motifs is 1. The number of esters is 3. The lowest BCUT2D eigenvalue weighted by atomic mass is 9.79. The Morgan fingerprint density at radius 3 is 2.25 bits per heavy atom. The molecule has 1 saturated heterocycles. The van der Waals surface area contributed by atoms with Crippen molar-refractivity contribution in [2.45, 2.75) is 55.1 Å². The zero-order chi connectivity index (χ0) is 29.9. The molecule has 1 aliphatic heterocycles. The average molecular weight is 586 g/mol. The molecule has 1 heterocycles. The van der Waals surface area contributed by atoms with E-state index in [1.807, 2.05) is 0 Å². The van der Waals surface area contributed by atoms with Crippen LogP contribution in [0, 0.1) is 23.7 Å². The van der Waals surface area contributed by atoms with Crippen molar-refractivity contribution in [2.75, 3.05) is 0 Å². The second-order valence-corrected chi connectivity index (χ2v) is 11.2. The van der Waals surface area contributed by atoms with Gasteiger partial charge >= 0.3 is 39.5 Å². The highest BCUT2D eigenvalue weighted by Crippen LogP contribution is 2.59. The van der Waals surface area contributed by atoms with E-state index < -0.39 is 81.4 Å². The average Bonchev–Trinajstić information content (AvgIpc) is 3.47. The number of benzene rings is 1. The van der Waals surface area contributed by atoms with Gasteiger partial charge in [-0.2, -0.15) is 30.4 Å². The monoisotopic (exact) mass is 586 g/mol. The minimum Gasteiger partial charge on any atom is -0.461 e. The van der Waals surface area contributed by atoms with Gasteiger partial charge < -0.3 is 14.2 Å². The fraction of sp³-hybridized carbons (Fsp3) is 0.591. The fourth-order valence-corrected chi connectivity index (χ4v) is 6.27. The quantitative estimate of drug-likeness (QED) is 0.148. The van der Waals surface area contributed by atoms with Crippen molar-refractivity contribution >= 4 is 51.6 Å². The van der Waals surface area contributed by atoms with Gasteiger partial charge in [-0.25, -0.2) is 4.79 Å². The zero-order valence-electron chi connectivity index (χ0n) is 20.3. The number of halogens is 5. The molecule has 1 N–H and O–H groups in total. The first-order chi connectivity index (χ1) is 18.5. The Balaban J connectivity index is 1.64. The molecule has 1 aromatic rings. The van der Waals surface area contributed by atoms with Gasteiger partial charge in [-0.3, -0.25) is 14.1 Å². The molecule has 210 valence electrons. The van der Waals surface area contributed by atoms with Crippen LogP contribution in [0.2, 0.25) is 0 Å². The number of hydrogen-bond donors (Lipinski definition) is 1. The van der Waals surface area contributed by atoms with E-state index in [9.17, 15) is 44.8 Å². The SMILES string of the molecule is [B]Cc1cc(C[B])c(C[B])c(C(=O)OC2C3CC4C(OC(=O)C42)C3C(=O)OC(C(F)(F)F)C(F)(F)S(=O)(=O)O)c1. The lowest BCUT2D eigenvalue weighted by Crippen LogP contribution is -2.54. The molecule has 2 bridgehead atoms. The zero-order valence-corrected chi connectivity index (χ0v) is 21.1. The molecule has 9 nitrogen and oxygen atoms in total. The summed E-state index contributed by atoms with van der Waals surface area (Å²) in [7, 11) is 10.5. The van der Waals surface area contributed by atoms with Gasteiger partial charge in [0, 0.05) is 11.8 Å². The Morgan fingerprint density at radius 1 is 1.07 bits per heavy atom. The third kappa shape index (κ3) is 4.90. The van der Waals surface area contributed by atoms with Gasteiger partial charge in [0.15, 0.2) is 0 Å². The summed E-state index contributed by atoms with van der Waals surface area (Å²) in [6.45, 7) is 0. The van der Waals surface area contributed by atoms with Crippen LogP contribution in [-0.4, -0.2) is 84.2 Å². The van der Waals surface area contributed by atoms with Crippen molar-refractivity contribution in [3.8, 4) is 0 Å². The fourth-order valence-electron chi connectivity index (χ4n) is 5.82. The molecular formula is C22H18B3F5O9S. The van der Waals surface area contributed by atoms with E-state index in [0.29, 0.717) is 16.7 Å². The van der Waals surface area contributed by atoms with Crippen molar-refractivity contribution < 1.29 is 63.5 Å². The van der Waals surface area contributed by atoms with E-state index in [1.165, 1.54) is 6.07 Å². The summed E-state index contributed by atoms with van der Waals surface area (Å²) in [6.07, 6.45) is -13.8. The largest absolute Gasteiger partial charge is 0.461 e. The second kappa shape index (κ2) is 10.3. The smallest absolute Gasteiger partial charge is 0.432 e. The Hall–Kier alpha value is -2.62. The molecule has 3 aliphatic rings. The molecule has 18 heteroatoms. The number of carbonyl (C=O) groups is 3. The number of ether oxygens (including phenoxy) is 3. The van der Waals surface area contributed by atoms with E-state index in [-0.39, 0.29) is 30.9 Å². The molecule has 40 heavy (non-hydrogen) atoms. The summed E-state index contributed by atoms with van der Waals surface area (Å²) in [4.78, 5) is 38.6. The third-order valence-electron chi connectivity index (χ3n) is 7.52. The molecule has 3 fully saturated rings. The molecular weight excluding hydrogens is 568 g/mol. The third-order valence-corrected chi connectivity index (χ3v) is 8.42. The van der Waals surface area contributed by atoms with E-state index in [1.54, 1.807) is 6.07 Å². The second-order valence-electron chi connectivity index (χ2n) is 9.68. The van der Waals surface area contributed by atoms with Crippen LogP contribution >= 0.6 is 0 Å². The lowest BCUT2D eigenvalue weighted by Gasteiger charge is -2.32. The number of rotatable bonds is 9. The van der Waals surface area contributed by atoms with Crippen molar-refractivity contribution in [3.63, 3.8) is 0 Å². The molecule has 0 spiro atoms. The van der Waals surface area contributed by atoms with Crippen LogP contribution < -0.4 is 0 Å². The van der Waals surface area contributed by atoms with Gasteiger partial charge in [-0.1, -0.05) is 36.2 Å². The van der Waals surface area contributed by atoms with Gasteiger partial charge in [-0.05, 0) is 18.1 Å². The van der Waals surface area contributed by atoms with E-state index in [2.05, 4.69) is 4.74 Å². The normalized spacial score (nSPS) is 28.3. The van der Waals surface area contributed by atoms with Gasteiger partial charge in [0.25, 0.3) is 6.10 Å². The van der Waals surface area contributed by atoms with Crippen molar-refractivity contribution in [1.82, 2.24) is 0 Å². The van der Waals surface area contributed by atoms with Gasteiger partial charge in [-0.15, -0.1) is 0 Å². The standard InChI is InChI=1S/C22H18B3F5O9S/c23-4-7-1-8(5-24)12(6-25)9(2-7)17(31)37-15-11-3-10-13(15)18(32)38-16(10)14(11)19(33)39-20(21(26,27)28)22(29,30)40(34,35)36/h1-2,10-11,13-16,20H,3-6H2,(H,34,35,36). The van der Waals surface area contributed by atoms with Gasteiger partial charge in [0.1, 0.15) is 24.0 Å². The summed E-state index contributed by atoms with van der Waals surface area (Å²) in [5, 5.41) is -5.95. The summed E-state index contributed by atoms with van der Waals surface area (Å²) < 4.78 is 113. The van der Waals surface area contributed by atoms with Crippen molar-refractivity contribution in [1.29, 1.82) is 0 Å². The minimum atomic E-state index is -6.67. The molecule has 7 unspecified atom stereocenters. The molecule has 4 rings (SSSR count). The van der Waals surface area contributed by atoms with E-state index in [0.717, 1.165) is 0 Å². The molecule has 1 aromatic carbocycles. The predicted octanol–water partition coefficient (Wildman–Crippen LogP) is 0.980. The van der Waals surface area contributed by atoms with Gasteiger partial charge in [0.05, 0.1) is 29.1 Å². The summed E-state index contributed by atoms with van der Waals surface area (Å²) >= 11 is 0. The Bertz CT molecular complexity index is 1340. The first-order valence-electron chi connectivity index (χ1n) is 11.8. The first kappa shape index (κ1) is 30.3. The molecule has 0 aromatic heterocycles. The summed E-state index contributed by atoms with van der Waals surface area (Å²) in [5.41, 5.74) is 1.21. The van der Waals surface area contributed by atoms with Crippen LogP contribution in [0.1, 0.15) is 33.5 Å². The summed E-state index contributed by atoms with van der Waals surface area (Å²) in [6, 6.07) is 3.00. The maximum absolute atomic E-state index is 14.0. The predicted molar refractivity (Wildman–Crippen MR) is 125 cm³/mol. The molecule has 0 amide bonds. The Labute approximate surface area is 228 Å². The van der Waals surface area contributed by atoms with Crippen LogP contribution in [0.3, 0.4) is 0 Å². The Morgan fingerprint density at radius 2 is 1.73 bits per heavy atom. The topological polar surface area (TPSA) is 133 Å². The maximum atomic E-state index is 14.0. The molecule has 2 aliphatic carbocycles. The minimum absolute atomic E-state index is 0.00533. The highest BCUT2D eigenvalue weighted by atomic mass is 32.2. The van der Waals surface area contributed by atoms with Crippen LogP contribution in [-0.2, 0) is 52.9 Å². The van der Waals surface area contributed by atoms with Crippen molar-refractivity contribution in [2.24, 2.45) is 23.7 Å². The first-order valence-corrected chi connectivity index (χ1v) is 13.2. The lowest BCUT2D eigenvalue weighted by molar-refractivity contribution is -0.262. The molecule has 7 atom stereocenters. The summed E-state index contributed by atoms with van der Waals surface area (Å²) in [5.74, 6) is -8.87. The number of alkyl halides is 5. The van der Waals surface area contributed by atoms with Gasteiger partial charge in [0.2, 0.25) is 0 Å². The Kier molecular flexibility index (Phi) is 7.84. The van der Waals surface area contributed by atoms with Crippen LogP contribution in [0.5, 0.6) is 0 Å². The van der Waals surface area contributed by atoms with Crippen LogP contribution in [0.15, 0.2) is 12.1 Å². The van der Waals surface area contributed by atoms with E-state index >= 15 is 0 Å². The highest BCUT2D eigenvalue weighted by Gasteiger charge is 2.72. The highest BCUT2D eigenvalue weighted by molar-refractivity contribution is 7.86. The number of carbonyl (C=O) groups excluding carboxylic acids is 3. The maximum Gasteiger partial charge on any atom is 0.432 e. The van der Waals surface area contributed by atoms with Crippen LogP contribution in [0.25, 0.3) is 0 Å². The molecule has 6 radical (unpaired) electrons. The van der Waals surface area contributed by atoms with E-state index in [4.69, 9.17) is 37.6 Å². The van der Waals surface area contributed by atoms with Crippen LogP contribution in [0.4, 0.5) is 22.0 Å². The number of hydrogen-bond acceptors (Lipinski definition) is 8. The van der Waals surface area contributed by atoms with Crippen molar-refractivity contribution in [3.05, 3.63) is 34.4 Å². The molecule has 2 saturated carbocycles.